The second-order valence-electron chi connectivity index (χ2n) is 4.27. The van der Waals surface area contributed by atoms with Gasteiger partial charge in [0.05, 0.1) is 12.7 Å². The highest BCUT2D eigenvalue weighted by molar-refractivity contribution is 5.45. The lowest BCUT2D eigenvalue weighted by atomic mass is 10.1. The standard InChI is InChI=1S/C15H14F3NO2/c1-20-13-4-2-3-5-14(13)21-11-7-6-10(9-19)12(8-11)15(16,17)18/h2-8H,9,19H2,1H3. The zero-order valence-corrected chi connectivity index (χ0v) is 11.3. The second-order valence-corrected chi connectivity index (χ2v) is 4.27. The highest BCUT2D eigenvalue weighted by Crippen LogP contribution is 2.37. The van der Waals surface area contributed by atoms with E-state index >= 15 is 0 Å². The third-order valence-electron chi connectivity index (χ3n) is 2.90. The molecule has 21 heavy (non-hydrogen) atoms. The van der Waals surface area contributed by atoms with Gasteiger partial charge in [-0.3, -0.25) is 0 Å². The van der Waals surface area contributed by atoms with Crippen molar-refractivity contribution in [3.63, 3.8) is 0 Å². The summed E-state index contributed by atoms with van der Waals surface area (Å²) in [4.78, 5) is 0. The lowest BCUT2D eigenvalue weighted by Gasteiger charge is -2.15. The summed E-state index contributed by atoms with van der Waals surface area (Å²) in [6, 6.07) is 10.4. The first-order valence-electron chi connectivity index (χ1n) is 6.16. The Kier molecular flexibility index (Phi) is 4.37. The minimum absolute atomic E-state index is 0.0230. The van der Waals surface area contributed by atoms with E-state index in [9.17, 15) is 13.2 Å². The van der Waals surface area contributed by atoms with Crippen molar-refractivity contribution in [2.45, 2.75) is 12.7 Å². The third-order valence-corrected chi connectivity index (χ3v) is 2.90. The molecule has 2 aromatic rings. The van der Waals surface area contributed by atoms with Crippen LogP contribution in [0.5, 0.6) is 17.2 Å². The molecule has 0 aromatic heterocycles. The van der Waals surface area contributed by atoms with Crippen LogP contribution < -0.4 is 15.2 Å². The van der Waals surface area contributed by atoms with Crippen LogP contribution in [0.4, 0.5) is 13.2 Å². The fourth-order valence-electron chi connectivity index (χ4n) is 1.89. The fraction of sp³-hybridized carbons (Fsp3) is 0.200. The van der Waals surface area contributed by atoms with Crippen LogP contribution in [0.25, 0.3) is 0 Å². The topological polar surface area (TPSA) is 44.5 Å². The van der Waals surface area contributed by atoms with E-state index in [0.717, 1.165) is 6.07 Å². The van der Waals surface area contributed by atoms with Crippen LogP contribution in [-0.4, -0.2) is 7.11 Å². The normalized spacial score (nSPS) is 11.3. The molecule has 0 unspecified atom stereocenters. The van der Waals surface area contributed by atoms with Gasteiger partial charge in [0.2, 0.25) is 0 Å². The number of para-hydroxylation sites is 2. The first-order valence-corrected chi connectivity index (χ1v) is 6.16. The Balaban J connectivity index is 2.37. The molecular weight excluding hydrogens is 283 g/mol. The first-order chi connectivity index (χ1) is 9.95. The van der Waals surface area contributed by atoms with Crippen LogP contribution in [0.1, 0.15) is 11.1 Å². The molecule has 0 bridgehead atoms. The Bertz CT molecular complexity index is 627. The molecule has 2 rings (SSSR count). The van der Waals surface area contributed by atoms with E-state index in [1.165, 1.54) is 19.2 Å². The summed E-state index contributed by atoms with van der Waals surface area (Å²) in [7, 11) is 1.46. The summed E-state index contributed by atoms with van der Waals surface area (Å²) in [5, 5.41) is 0. The van der Waals surface area contributed by atoms with Crippen molar-refractivity contribution in [1.82, 2.24) is 0 Å². The van der Waals surface area contributed by atoms with E-state index in [0.29, 0.717) is 11.5 Å². The van der Waals surface area contributed by atoms with Gasteiger partial charge in [0.1, 0.15) is 5.75 Å². The Morgan fingerprint density at radius 2 is 1.71 bits per heavy atom. The summed E-state index contributed by atoms with van der Waals surface area (Å²) < 4.78 is 49.5. The van der Waals surface area contributed by atoms with Gasteiger partial charge in [-0.15, -0.1) is 0 Å². The predicted octanol–water partition coefficient (Wildman–Crippen LogP) is 3.97. The number of hydrogen-bond acceptors (Lipinski definition) is 3. The van der Waals surface area contributed by atoms with Gasteiger partial charge in [0, 0.05) is 6.54 Å². The van der Waals surface area contributed by atoms with Crippen molar-refractivity contribution in [1.29, 1.82) is 0 Å². The van der Waals surface area contributed by atoms with Crippen LogP contribution in [0.15, 0.2) is 42.5 Å². The van der Waals surface area contributed by atoms with Gasteiger partial charge >= 0.3 is 6.18 Å². The van der Waals surface area contributed by atoms with Crippen molar-refractivity contribution < 1.29 is 22.6 Å². The SMILES string of the molecule is COc1ccccc1Oc1ccc(CN)c(C(F)(F)F)c1. The largest absolute Gasteiger partial charge is 0.493 e. The van der Waals surface area contributed by atoms with Crippen molar-refractivity contribution in [3.8, 4) is 17.2 Å². The maximum Gasteiger partial charge on any atom is 0.416 e. The number of alkyl halides is 3. The maximum atomic E-state index is 13.0. The van der Waals surface area contributed by atoms with Gasteiger partial charge in [-0.25, -0.2) is 0 Å². The smallest absolute Gasteiger partial charge is 0.416 e. The van der Waals surface area contributed by atoms with Gasteiger partial charge in [0.25, 0.3) is 0 Å². The molecule has 3 nitrogen and oxygen atoms in total. The number of hydrogen-bond donors (Lipinski definition) is 1. The number of benzene rings is 2. The van der Waals surface area contributed by atoms with Crippen LogP contribution >= 0.6 is 0 Å². The highest BCUT2D eigenvalue weighted by atomic mass is 19.4. The van der Waals surface area contributed by atoms with E-state index in [2.05, 4.69) is 0 Å². The molecule has 2 N–H and O–H groups in total. The number of methoxy groups -OCH3 is 1. The molecule has 0 atom stereocenters. The van der Waals surface area contributed by atoms with Crippen LogP contribution in [0.2, 0.25) is 0 Å². The molecule has 0 radical (unpaired) electrons. The molecule has 0 amide bonds. The molecule has 0 heterocycles. The lowest BCUT2D eigenvalue weighted by Crippen LogP contribution is -2.12. The number of nitrogens with two attached hydrogens (primary N) is 1. The minimum atomic E-state index is -4.48. The summed E-state index contributed by atoms with van der Waals surface area (Å²) in [6.07, 6.45) is -4.48. The number of ether oxygens (including phenoxy) is 2. The van der Waals surface area contributed by atoms with Crippen LogP contribution in [0, 0.1) is 0 Å². The second kappa shape index (κ2) is 6.05. The van der Waals surface area contributed by atoms with Gasteiger partial charge in [-0.2, -0.15) is 13.2 Å². The van der Waals surface area contributed by atoms with E-state index < -0.39 is 11.7 Å². The first kappa shape index (κ1) is 15.2. The molecule has 0 aliphatic rings. The summed E-state index contributed by atoms with van der Waals surface area (Å²) in [6.45, 7) is -0.191. The molecule has 0 spiro atoms. The van der Waals surface area contributed by atoms with E-state index in [1.54, 1.807) is 24.3 Å². The molecule has 2 aromatic carbocycles. The molecule has 0 aliphatic heterocycles. The Morgan fingerprint density at radius 1 is 1.05 bits per heavy atom. The average molecular weight is 297 g/mol. The van der Waals surface area contributed by atoms with Crippen molar-refractivity contribution >= 4 is 0 Å². The predicted molar refractivity (Wildman–Crippen MR) is 72.4 cm³/mol. The summed E-state index contributed by atoms with van der Waals surface area (Å²) in [5.41, 5.74) is 4.56. The number of halogens is 3. The highest BCUT2D eigenvalue weighted by Gasteiger charge is 2.33. The Hall–Kier alpha value is -2.21. The third kappa shape index (κ3) is 3.46. The van der Waals surface area contributed by atoms with E-state index in [-0.39, 0.29) is 17.9 Å². The van der Waals surface area contributed by atoms with Gasteiger partial charge in [-0.05, 0) is 29.8 Å². The maximum absolute atomic E-state index is 13.0. The van der Waals surface area contributed by atoms with Crippen molar-refractivity contribution in [3.05, 3.63) is 53.6 Å². The molecule has 112 valence electrons. The average Bonchev–Trinajstić information content (AvgIpc) is 2.47. The van der Waals surface area contributed by atoms with Gasteiger partial charge in [-0.1, -0.05) is 18.2 Å². The fourth-order valence-corrected chi connectivity index (χ4v) is 1.89. The Morgan fingerprint density at radius 3 is 2.29 bits per heavy atom. The molecule has 0 aliphatic carbocycles. The lowest BCUT2D eigenvalue weighted by molar-refractivity contribution is -0.138. The van der Waals surface area contributed by atoms with Crippen molar-refractivity contribution in [2.75, 3.05) is 7.11 Å². The van der Waals surface area contributed by atoms with Crippen LogP contribution in [-0.2, 0) is 12.7 Å². The minimum Gasteiger partial charge on any atom is -0.493 e. The summed E-state index contributed by atoms with van der Waals surface area (Å²) in [5.74, 6) is 0.853. The Labute approximate surface area is 120 Å². The number of rotatable bonds is 4. The molecule has 0 saturated carbocycles. The molecule has 0 saturated heterocycles. The molecule has 0 fully saturated rings. The summed E-state index contributed by atoms with van der Waals surface area (Å²) >= 11 is 0. The quantitative estimate of drug-likeness (QED) is 0.929. The zero-order valence-electron chi connectivity index (χ0n) is 11.3. The van der Waals surface area contributed by atoms with Crippen LogP contribution in [0.3, 0.4) is 0 Å². The van der Waals surface area contributed by atoms with Crippen molar-refractivity contribution in [2.24, 2.45) is 5.73 Å². The van der Waals surface area contributed by atoms with Gasteiger partial charge in [0.15, 0.2) is 11.5 Å². The van der Waals surface area contributed by atoms with Gasteiger partial charge < -0.3 is 15.2 Å². The zero-order chi connectivity index (χ0) is 15.5. The monoisotopic (exact) mass is 297 g/mol. The van der Waals surface area contributed by atoms with E-state index in [4.69, 9.17) is 15.2 Å². The molecule has 6 heteroatoms. The molecular formula is C15H14F3NO2. The van der Waals surface area contributed by atoms with E-state index in [1.807, 2.05) is 0 Å².